The maximum Gasteiger partial charge on any atom is 0.162 e. The molecule has 1 aliphatic rings. The first-order valence-corrected chi connectivity index (χ1v) is 5.50. The molecule has 0 aliphatic heterocycles. The number of anilines is 1. The number of nitrogen functional groups attached to an aromatic ring is 1. The van der Waals surface area contributed by atoms with E-state index in [1.807, 2.05) is 6.92 Å². The van der Waals surface area contributed by atoms with Crippen LogP contribution in [0.2, 0.25) is 0 Å². The average Bonchev–Trinajstić information content (AvgIpc) is 2.47. The van der Waals surface area contributed by atoms with Gasteiger partial charge in [0, 0.05) is 5.92 Å². The minimum Gasteiger partial charge on any atom is -0.394 e. The summed E-state index contributed by atoms with van der Waals surface area (Å²) >= 11 is 0. The molecule has 0 atom stereocenters. The third kappa shape index (κ3) is 1.76. The van der Waals surface area contributed by atoms with Crippen LogP contribution in [0.3, 0.4) is 0 Å². The van der Waals surface area contributed by atoms with E-state index < -0.39 is 0 Å². The highest BCUT2D eigenvalue weighted by Gasteiger charge is 2.21. The Bertz CT molecular complexity index is 298. The fourth-order valence-corrected chi connectivity index (χ4v) is 2.23. The summed E-state index contributed by atoms with van der Waals surface area (Å²) in [7, 11) is 0. The SMILES string of the molecule is Cc1noc(C2CCCCCC2)c1N. The molecule has 0 bridgehead atoms. The summed E-state index contributed by atoms with van der Waals surface area (Å²) in [5, 5.41) is 3.92. The standard InChI is InChI=1S/C11H18N2O/c1-8-10(12)11(14-13-8)9-6-4-2-3-5-7-9/h9H,2-7,12H2,1H3. The fraction of sp³-hybridized carbons (Fsp3) is 0.727. The molecule has 14 heavy (non-hydrogen) atoms. The highest BCUT2D eigenvalue weighted by atomic mass is 16.5. The normalized spacial score (nSPS) is 19.5. The van der Waals surface area contributed by atoms with Gasteiger partial charge >= 0.3 is 0 Å². The van der Waals surface area contributed by atoms with Gasteiger partial charge in [-0.1, -0.05) is 30.8 Å². The molecule has 0 radical (unpaired) electrons. The summed E-state index contributed by atoms with van der Waals surface area (Å²) in [5.41, 5.74) is 7.54. The Morgan fingerprint density at radius 2 is 1.86 bits per heavy atom. The van der Waals surface area contributed by atoms with Crippen LogP contribution in [0.1, 0.15) is 55.9 Å². The van der Waals surface area contributed by atoms with E-state index in [1.54, 1.807) is 0 Å². The van der Waals surface area contributed by atoms with Gasteiger partial charge in [-0.05, 0) is 19.8 Å². The lowest BCUT2D eigenvalue weighted by Gasteiger charge is -2.10. The number of nitrogens with two attached hydrogens (primary N) is 1. The highest BCUT2D eigenvalue weighted by Crippen LogP contribution is 2.35. The van der Waals surface area contributed by atoms with Crippen LogP contribution in [0.5, 0.6) is 0 Å². The van der Waals surface area contributed by atoms with Crippen molar-refractivity contribution in [3.8, 4) is 0 Å². The van der Waals surface area contributed by atoms with Gasteiger partial charge in [0.25, 0.3) is 0 Å². The number of hydrogen-bond donors (Lipinski definition) is 1. The van der Waals surface area contributed by atoms with E-state index in [-0.39, 0.29) is 0 Å². The maximum absolute atomic E-state index is 5.93. The fourth-order valence-electron chi connectivity index (χ4n) is 2.23. The lowest BCUT2D eigenvalue weighted by atomic mass is 9.96. The Labute approximate surface area is 84.7 Å². The van der Waals surface area contributed by atoms with Crippen LogP contribution in [0.4, 0.5) is 5.69 Å². The second kappa shape index (κ2) is 4.03. The Kier molecular flexibility index (Phi) is 2.75. The zero-order chi connectivity index (χ0) is 9.97. The van der Waals surface area contributed by atoms with Crippen LogP contribution < -0.4 is 5.73 Å². The molecule has 0 spiro atoms. The second-order valence-electron chi connectivity index (χ2n) is 4.23. The van der Waals surface area contributed by atoms with E-state index in [0.717, 1.165) is 17.1 Å². The van der Waals surface area contributed by atoms with Crippen molar-refractivity contribution in [1.82, 2.24) is 5.16 Å². The van der Waals surface area contributed by atoms with Crippen molar-refractivity contribution in [1.29, 1.82) is 0 Å². The Morgan fingerprint density at radius 3 is 2.36 bits per heavy atom. The monoisotopic (exact) mass is 194 g/mol. The van der Waals surface area contributed by atoms with Gasteiger partial charge in [-0.25, -0.2) is 0 Å². The van der Waals surface area contributed by atoms with Crippen molar-refractivity contribution >= 4 is 5.69 Å². The van der Waals surface area contributed by atoms with Gasteiger partial charge in [-0.15, -0.1) is 0 Å². The van der Waals surface area contributed by atoms with E-state index >= 15 is 0 Å². The molecule has 0 unspecified atom stereocenters. The van der Waals surface area contributed by atoms with Crippen LogP contribution in [0.25, 0.3) is 0 Å². The smallest absolute Gasteiger partial charge is 0.162 e. The van der Waals surface area contributed by atoms with Crippen molar-refractivity contribution < 1.29 is 4.52 Å². The Morgan fingerprint density at radius 1 is 1.21 bits per heavy atom. The molecule has 1 saturated carbocycles. The average molecular weight is 194 g/mol. The summed E-state index contributed by atoms with van der Waals surface area (Å²) < 4.78 is 5.32. The zero-order valence-corrected chi connectivity index (χ0v) is 8.75. The Balaban J connectivity index is 2.16. The third-order valence-corrected chi connectivity index (χ3v) is 3.16. The van der Waals surface area contributed by atoms with Crippen molar-refractivity contribution in [2.45, 2.75) is 51.4 Å². The van der Waals surface area contributed by atoms with Crippen molar-refractivity contribution in [2.75, 3.05) is 5.73 Å². The molecule has 3 heteroatoms. The number of hydrogen-bond acceptors (Lipinski definition) is 3. The van der Waals surface area contributed by atoms with Gasteiger partial charge in [0.1, 0.15) is 5.69 Å². The molecular weight excluding hydrogens is 176 g/mol. The zero-order valence-electron chi connectivity index (χ0n) is 8.75. The van der Waals surface area contributed by atoms with Crippen LogP contribution in [0, 0.1) is 6.92 Å². The van der Waals surface area contributed by atoms with Crippen molar-refractivity contribution in [3.63, 3.8) is 0 Å². The summed E-state index contributed by atoms with van der Waals surface area (Å²) in [4.78, 5) is 0. The first kappa shape index (κ1) is 9.56. The molecule has 1 aliphatic carbocycles. The van der Waals surface area contributed by atoms with Crippen LogP contribution in [-0.2, 0) is 0 Å². The van der Waals surface area contributed by atoms with Crippen LogP contribution in [-0.4, -0.2) is 5.16 Å². The van der Waals surface area contributed by atoms with E-state index in [2.05, 4.69) is 5.16 Å². The summed E-state index contributed by atoms with van der Waals surface area (Å²) in [6, 6.07) is 0. The van der Waals surface area contributed by atoms with Gasteiger partial charge in [0.05, 0.1) is 5.69 Å². The molecule has 3 nitrogen and oxygen atoms in total. The van der Waals surface area contributed by atoms with Crippen molar-refractivity contribution in [3.05, 3.63) is 11.5 Å². The molecule has 2 rings (SSSR count). The number of aryl methyl sites for hydroxylation is 1. The summed E-state index contributed by atoms with van der Waals surface area (Å²) in [6.45, 7) is 1.90. The first-order valence-electron chi connectivity index (χ1n) is 5.50. The number of nitrogens with zero attached hydrogens (tertiary/aromatic N) is 1. The lowest BCUT2D eigenvalue weighted by Crippen LogP contribution is -1.99. The van der Waals surface area contributed by atoms with Crippen molar-refractivity contribution in [2.24, 2.45) is 0 Å². The van der Waals surface area contributed by atoms with Gasteiger partial charge in [0.15, 0.2) is 5.76 Å². The van der Waals surface area contributed by atoms with Gasteiger partial charge in [-0.3, -0.25) is 0 Å². The van der Waals surface area contributed by atoms with Gasteiger partial charge < -0.3 is 10.3 Å². The van der Waals surface area contributed by atoms with Crippen LogP contribution in [0.15, 0.2) is 4.52 Å². The Hall–Kier alpha value is -0.990. The maximum atomic E-state index is 5.93. The summed E-state index contributed by atoms with van der Waals surface area (Å²) in [5.74, 6) is 1.45. The van der Waals surface area contributed by atoms with E-state index in [0.29, 0.717) is 5.92 Å². The molecule has 1 aromatic heterocycles. The number of rotatable bonds is 1. The predicted octanol–water partition coefficient (Wildman–Crippen LogP) is 3.00. The lowest BCUT2D eigenvalue weighted by molar-refractivity contribution is 0.346. The summed E-state index contributed by atoms with van der Waals surface area (Å²) in [6.07, 6.45) is 7.71. The molecule has 0 saturated heterocycles. The molecular formula is C11H18N2O. The molecule has 0 aromatic carbocycles. The molecule has 2 N–H and O–H groups in total. The highest BCUT2D eigenvalue weighted by molar-refractivity contribution is 5.46. The molecule has 1 heterocycles. The molecule has 78 valence electrons. The quantitative estimate of drug-likeness (QED) is 0.699. The number of aromatic nitrogens is 1. The van der Waals surface area contributed by atoms with E-state index in [4.69, 9.17) is 10.3 Å². The van der Waals surface area contributed by atoms with Crippen LogP contribution >= 0.6 is 0 Å². The van der Waals surface area contributed by atoms with Gasteiger partial charge in [0.2, 0.25) is 0 Å². The van der Waals surface area contributed by atoms with Gasteiger partial charge in [-0.2, -0.15) is 0 Å². The van der Waals surface area contributed by atoms with E-state index in [9.17, 15) is 0 Å². The minimum absolute atomic E-state index is 0.513. The second-order valence-corrected chi connectivity index (χ2v) is 4.23. The van der Waals surface area contributed by atoms with E-state index in [1.165, 1.54) is 38.5 Å². The largest absolute Gasteiger partial charge is 0.394 e. The predicted molar refractivity (Wildman–Crippen MR) is 56.1 cm³/mol. The molecule has 1 aromatic rings. The topological polar surface area (TPSA) is 52.0 Å². The molecule has 1 fully saturated rings. The molecule has 0 amide bonds. The first-order chi connectivity index (χ1) is 6.79. The third-order valence-electron chi connectivity index (χ3n) is 3.16. The minimum atomic E-state index is 0.513.